The molecule has 16 heavy (non-hydrogen) atoms. The Bertz CT molecular complexity index is 409. The molecule has 6 heteroatoms. The van der Waals surface area contributed by atoms with Crippen LogP contribution in [0.25, 0.3) is 10.7 Å². The summed E-state index contributed by atoms with van der Waals surface area (Å²) in [7, 11) is 0. The van der Waals surface area contributed by atoms with Gasteiger partial charge in [0.25, 0.3) is 0 Å². The maximum atomic E-state index is 4.16. The van der Waals surface area contributed by atoms with Crippen LogP contribution in [0, 0.1) is 0 Å². The minimum atomic E-state index is 0.913. The minimum Gasteiger partial charge on any atom is -0.317 e. The molecule has 2 N–H and O–H groups in total. The van der Waals surface area contributed by atoms with E-state index in [-0.39, 0.29) is 0 Å². The zero-order valence-electron chi connectivity index (χ0n) is 9.23. The monoisotopic (exact) mass is 237 g/mol. The predicted molar refractivity (Wildman–Crippen MR) is 64.4 cm³/mol. The first-order chi connectivity index (χ1) is 7.90. The summed E-state index contributed by atoms with van der Waals surface area (Å²) < 4.78 is 0. The van der Waals surface area contributed by atoms with Gasteiger partial charge >= 0.3 is 0 Å². The summed E-state index contributed by atoms with van der Waals surface area (Å²) in [5.41, 5.74) is 0.940. The van der Waals surface area contributed by atoms with E-state index < -0.39 is 0 Å². The molecule has 0 fully saturated rings. The Morgan fingerprint density at radius 1 is 1.44 bits per heavy atom. The Kier molecular flexibility index (Phi) is 4.01. The number of hydrogen-bond acceptors (Lipinski definition) is 5. The molecule has 0 unspecified atom stereocenters. The van der Waals surface area contributed by atoms with Crippen molar-refractivity contribution in [3.8, 4) is 10.7 Å². The molecule has 0 atom stereocenters. The maximum absolute atomic E-state index is 4.16. The van der Waals surface area contributed by atoms with E-state index in [1.165, 1.54) is 0 Å². The zero-order chi connectivity index (χ0) is 11.2. The summed E-state index contributed by atoms with van der Waals surface area (Å²) in [6, 6.07) is 1.91. The van der Waals surface area contributed by atoms with Gasteiger partial charge < -0.3 is 5.32 Å². The predicted octanol–water partition coefficient (Wildman–Crippen LogP) is 1.47. The summed E-state index contributed by atoms with van der Waals surface area (Å²) in [4.78, 5) is 0. The van der Waals surface area contributed by atoms with Crippen molar-refractivity contribution >= 4 is 11.3 Å². The Morgan fingerprint density at radius 2 is 2.38 bits per heavy atom. The smallest absolute Gasteiger partial charge is 0.165 e. The summed E-state index contributed by atoms with van der Waals surface area (Å²) >= 11 is 1.63. The molecule has 0 saturated heterocycles. The third-order valence-corrected chi connectivity index (χ3v) is 3.21. The molecule has 2 heterocycles. The topological polar surface area (TPSA) is 66.5 Å². The van der Waals surface area contributed by atoms with Crippen LogP contribution in [-0.4, -0.2) is 33.5 Å². The summed E-state index contributed by atoms with van der Waals surface area (Å²) in [5.74, 6) is 0. The second-order valence-electron chi connectivity index (χ2n) is 3.43. The number of aryl methyl sites for hydroxylation is 1. The molecule has 0 amide bonds. The van der Waals surface area contributed by atoms with Gasteiger partial charge in [-0.25, -0.2) is 0 Å². The van der Waals surface area contributed by atoms with Gasteiger partial charge in [-0.05, 0) is 25.6 Å². The van der Waals surface area contributed by atoms with Crippen LogP contribution in [0.2, 0.25) is 0 Å². The molecule has 86 valence electrons. The number of H-pyrrole nitrogens is 1. The number of nitrogens with one attached hydrogen (secondary N) is 2. The largest absolute Gasteiger partial charge is 0.317 e. The first-order valence-electron chi connectivity index (χ1n) is 5.43. The molecule has 0 saturated carbocycles. The van der Waals surface area contributed by atoms with E-state index in [4.69, 9.17) is 0 Å². The third kappa shape index (κ3) is 2.86. The van der Waals surface area contributed by atoms with Crippen molar-refractivity contribution in [2.45, 2.75) is 19.8 Å². The van der Waals surface area contributed by atoms with E-state index in [0.29, 0.717) is 0 Å². The molecular formula is C10H15N5S. The fraction of sp³-hybridized carbons (Fsp3) is 0.500. The molecule has 2 rings (SSSR count). The van der Waals surface area contributed by atoms with Crippen molar-refractivity contribution < 1.29 is 0 Å². The van der Waals surface area contributed by atoms with E-state index in [1.807, 2.05) is 6.07 Å². The van der Waals surface area contributed by atoms with Crippen LogP contribution in [0.1, 0.15) is 18.4 Å². The maximum Gasteiger partial charge on any atom is 0.165 e. The van der Waals surface area contributed by atoms with E-state index in [2.05, 4.69) is 32.6 Å². The first-order valence-corrected chi connectivity index (χ1v) is 6.24. The van der Waals surface area contributed by atoms with Crippen LogP contribution >= 0.6 is 11.3 Å². The lowest BCUT2D eigenvalue weighted by atomic mass is 10.3. The van der Waals surface area contributed by atoms with Crippen molar-refractivity contribution in [1.82, 2.24) is 25.7 Å². The van der Waals surface area contributed by atoms with Crippen molar-refractivity contribution in [3.63, 3.8) is 0 Å². The van der Waals surface area contributed by atoms with Gasteiger partial charge in [0.1, 0.15) is 5.01 Å². The summed E-state index contributed by atoms with van der Waals surface area (Å²) in [6.45, 7) is 4.17. The molecule has 0 spiro atoms. The second-order valence-corrected chi connectivity index (χ2v) is 4.49. The standard InChI is InChI=1S/C10H15N5S/c1-2-11-6-3-4-9-14-15-10(16-9)8-5-7-12-13-8/h5,7,11H,2-4,6H2,1H3,(H,12,13). The molecule has 0 radical (unpaired) electrons. The van der Waals surface area contributed by atoms with Crippen LogP contribution in [-0.2, 0) is 6.42 Å². The van der Waals surface area contributed by atoms with E-state index >= 15 is 0 Å². The highest BCUT2D eigenvalue weighted by Gasteiger charge is 2.06. The molecule has 0 aliphatic heterocycles. The molecule has 0 bridgehead atoms. The Morgan fingerprint density at radius 3 is 3.12 bits per heavy atom. The van der Waals surface area contributed by atoms with Crippen LogP contribution in [0.15, 0.2) is 12.3 Å². The lowest BCUT2D eigenvalue weighted by Crippen LogP contribution is -2.14. The van der Waals surface area contributed by atoms with Crippen molar-refractivity contribution in [3.05, 3.63) is 17.3 Å². The average molecular weight is 237 g/mol. The number of hydrogen-bond donors (Lipinski definition) is 2. The number of nitrogens with zero attached hydrogens (tertiary/aromatic N) is 3. The van der Waals surface area contributed by atoms with Gasteiger partial charge in [-0.3, -0.25) is 5.10 Å². The van der Waals surface area contributed by atoms with Crippen LogP contribution in [0.5, 0.6) is 0 Å². The van der Waals surface area contributed by atoms with Gasteiger partial charge in [0.15, 0.2) is 5.01 Å². The Balaban J connectivity index is 1.88. The first kappa shape index (κ1) is 11.2. The van der Waals surface area contributed by atoms with E-state index in [0.717, 1.165) is 41.6 Å². The van der Waals surface area contributed by atoms with Crippen molar-refractivity contribution in [1.29, 1.82) is 0 Å². The van der Waals surface area contributed by atoms with Gasteiger partial charge in [0, 0.05) is 12.6 Å². The quantitative estimate of drug-likeness (QED) is 0.747. The summed E-state index contributed by atoms with van der Waals surface area (Å²) in [6.07, 6.45) is 3.81. The number of rotatable bonds is 6. The van der Waals surface area contributed by atoms with Crippen LogP contribution in [0.3, 0.4) is 0 Å². The molecule has 0 aromatic carbocycles. The number of aromatic nitrogens is 4. The van der Waals surface area contributed by atoms with E-state index in [9.17, 15) is 0 Å². The molecule has 2 aromatic rings. The third-order valence-electron chi connectivity index (χ3n) is 2.19. The molecule has 0 aliphatic rings. The molecule has 0 aliphatic carbocycles. The normalized spacial score (nSPS) is 10.8. The molecular weight excluding hydrogens is 222 g/mol. The Hall–Kier alpha value is -1.27. The van der Waals surface area contributed by atoms with Crippen LogP contribution < -0.4 is 5.32 Å². The highest BCUT2D eigenvalue weighted by molar-refractivity contribution is 7.14. The van der Waals surface area contributed by atoms with Gasteiger partial charge in [-0.1, -0.05) is 18.3 Å². The van der Waals surface area contributed by atoms with Gasteiger partial charge in [0.05, 0.1) is 5.69 Å². The minimum absolute atomic E-state index is 0.913. The molecule has 5 nitrogen and oxygen atoms in total. The van der Waals surface area contributed by atoms with Crippen molar-refractivity contribution in [2.75, 3.05) is 13.1 Å². The zero-order valence-corrected chi connectivity index (χ0v) is 10.0. The average Bonchev–Trinajstić information content (AvgIpc) is 2.94. The lowest BCUT2D eigenvalue weighted by molar-refractivity contribution is 0.669. The highest BCUT2D eigenvalue weighted by Crippen LogP contribution is 2.21. The fourth-order valence-corrected chi connectivity index (χ4v) is 2.24. The van der Waals surface area contributed by atoms with Gasteiger partial charge in [0.2, 0.25) is 0 Å². The van der Waals surface area contributed by atoms with Gasteiger partial charge in [-0.15, -0.1) is 10.2 Å². The Labute approximate surface area is 98.3 Å². The SMILES string of the molecule is CCNCCCc1nnc(-c2ccn[nH]2)s1. The fourth-order valence-electron chi connectivity index (χ4n) is 1.38. The highest BCUT2D eigenvalue weighted by atomic mass is 32.1. The molecule has 2 aromatic heterocycles. The van der Waals surface area contributed by atoms with E-state index in [1.54, 1.807) is 17.5 Å². The van der Waals surface area contributed by atoms with Crippen molar-refractivity contribution in [2.24, 2.45) is 0 Å². The second kappa shape index (κ2) is 5.72. The van der Waals surface area contributed by atoms with Crippen LogP contribution in [0.4, 0.5) is 0 Å². The lowest BCUT2D eigenvalue weighted by Gasteiger charge is -1.97. The van der Waals surface area contributed by atoms with Gasteiger partial charge in [-0.2, -0.15) is 5.10 Å². The number of aromatic amines is 1. The summed E-state index contributed by atoms with van der Waals surface area (Å²) in [5, 5.41) is 20.4.